The van der Waals surface area contributed by atoms with Crippen LogP contribution in [0.3, 0.4) is 0 Å². The maximum absolute atomic E-state index is 13.6. The second-order valence-corrected chi connectivity index (χ2v) is 11.5. The van der Waals surface area contributed by atoms with Gasteiger partial charge in [0.25, 0.3) is 5.91 Å². The van der Waals surface area contributed by atoms with Crippen molar-refractivity contribution < 1.29 is 14.3 Å². The lowest BCUT2D eigenvalue weighted by atomic mass is 9.87. The van der Waals surface area contributed by atoms with Crippen LogP contribution in [0, 0.1) is 6.92 Å². The Morgan fingerprint density at radius 1 is 0.974 bits per heavy atom. The number of anilines is 1. The number of allylic oxidation sites excluding steroid dienone is 3. The third-order valence-electron chi connectivity index (χ3n) is 8.22. The molecule has 2 aromatic rings. The highest BCUT2D eigenvalue weighted by Crippen LogP contribution is 2.41. The number of amides is 1. The largest absolute Gasteiger partial charge is 0.493 e. The molecule has 5 nitrogen and oxygen atoms in total. The van der Waals surface area contributed by atoms with Crippen LogP contribution in [-0.4, -0.2) is 43.2 Å². The molecule has 2 aliphatic carbocycles. The molecule has 1 unspecified atom stereocenters. The number of ether oxygens (including phenoxy) is 2. The first-order chi connectivity index (χ1) is 18.8. The molecule has 0 bridgehead atoms. The van der Waals surface area contributed by atoms with E-state index in [1.165, 1.54) is 22.3 Å². The maximum Gasteiger partial charge on any atom is 0.251 e. The summed E-state index contributed by atoms with van der Waals surface area (Å²) in [4.78, 5) is 16.0. The van der Waals surface area contributed by atoms with Crippen LogP contribution in [0.1, 0.15) is 83.3 Å². The first kappa shape index (κ1) is 28.9. The lowest BCUT2D eigenvalue weighted by Crippen LogP contribution is -2.39. The normalized spacial score (nSPS) is 17.7. The molecule has 2 aliphatic rings. The molecule has 1 fully saturated rings. The third-order valence-corrected chi connectivity index (χ3v) is 8.22. The molecular weight excluding hydrogens is 484 g/mol. The van der Waals surface area contributed by atoms with Gasteiger partial charge in [-0.2, -0.15) is 0 Å². The first-order valence-corrected chi connectivity index (χ1v) is 14.6. The number of methoxy groups -OCH3 is 1. The SMILES string of the molecule is COc1ccc(NC(=O)C2=C3CCC(c4ccc(C)cc4)CCC3=CCC2)cc1OCCN(C(C)C)C(C)C. The second kappa shape index (κ2) is 13.3. The Labute approximate surface area is 235 Å². The molecule has 0 saturated heterocycles. The van der Waals surface area contributed by atoms with E-state index in [2.05, 4.69) is 75.2 Å². The Morgan fingerprint density at radius 3 is 2.38 bits per heavy atom. The number of hydrogen-bond acceptors (Lipinski definition) is 4. The molecule has 4 rings (SSSR count). The molecule has 1 N–H and O–H groups in total. The van der Waals surface area contributed by atoms with E-state index in [0.29, 0.717) is 36.1 Å². The highest BCUT2D eigenvalue weighted by atomic mass is 16.5. The zero-order chi connectivity index (χ0) is 27.9. The number of nitrogens with zero attached hydrogens (tertiary/aromatic N) is 1. The number of fused-ring (bicyclic) bond motifs is 1. The van der Waals surface area contributed by atoms with Crippen LogP contribution in [0.25, 0.3) is 0 Å². The van der Waals surface area contributed by atoms with Crippen molar-refractivity contribution in [1.29, 1.82) is 0 Å². The maximum atomic E-state index is 13.6. The van der Waals surface area contributed by atoms with Crippen molar-refractivity contribution in [1.82, 2.24) is 4.90 Å². The van der Waals surface area contributed by atoms with Gasteiger partial charge >= 0.3 is 0 Å². The van der Waals surface area contributed by atoms with Gasteiger partial charge in [-0.3, -0.25) is 9.69 Å². The Hall–Kier alpha value is -3.05. The van der Waals surface area contributed by atoms with E-state index in [0.717, 1.165) is 56.3 Å². The van der Waals surface area contributed by atoms with Gasteiger partial charge in [-0.1, -0.05) is 35.9 Å². The molecule has 0 heterocycles. The van der Waals surface area contributed by atoms with Crippen molar-refractivity contribution in [2.24, 2.45) is 0 Å². The molecule has 0 spiro atoms. The third kappa shape index (κ3) is 7.33. The molecule has 1 atom stereocenters. The number of carbonyl (C=O) groups is 1. The smallest absolute Gasteiger partial charge is 0.251 e. The van der Waals surface area contributed by atoms with Gasteiger partial charge < -0.3 is 14.8 Å². The van der Waals surface area contributed by atoms with Crippen LogP contribution in [0.15, 0.2) is 65.3 Å². The summed E-state index contributed by atoms with van der Waals surface area (Å²) in [6.07, 6.45) is 8.28. The second-order valence-electron chi connectivity index (χ2n) is 11.5. The highest BCUT2D eigenvalue weighted by molar-refractivity contribution is 6.05. The number of aryl methyl sites for hydroxylation is 1. The number of hydrogen-bond donors (Lipinski definition) is 1. The molecule has 0 aliphatic heterocycles. The number of nitrogens with one attached hydrogen (secondary N) is 1. The van der Waals surface area contributed by atoms with Crippen molar-refractivity contribution in [2.75, 3.05) is 25.6 Å². The lowest BCUT2D eigenvalue weighted by Gasteiger charge is -2.30. The quantitative estimate of drug-likeness (QED) is 0.340. The molecule has 5 heteroatoms. The monoisotopic (exact) mass is 530 g/mol. The summed E-state index contributed by atoms with van der Waals surface area (Å²) < 4.78 is 11.7. The van der Waals surface area contributed by atoms with Gasteiger partial charge in [0.05, 0.1) is 7.11 Å². The van der Waals surface area contributed by atoms with E-state index in [4.69, 9.17) is 9.47 Å². The minimum absolute atomic E-state index is 0.00583. The van der Waals surface area contributed by atoms with Crippen molar-refractivity contribution in [3.8, 4) is 11.5 Å². The van der Waals surface area contributed by atoms with Crippen LogP contribution in [0.4, 0.5) is 5.69 Å². The summed E-state index contributed by atoms with van der Waals surface area (Å²) in [7, 11) is 1.65. The van der Waals surface area contributed by atoms with Crippen molar-refractivity contribution in [3.63, 3.8) is 0 Å². The molecule has 210 valence electrons. The predicted octanol–water partition coefficient (Wildman–Crippen LogP) is 7.81. The topological polar surface area (TPSA) is 50.8 Å². The van der Waals surface area contributed by atoms with Crippen molar-refractivity contribution in [3.05, 3.63) is 76.4 Å². The average molecular weight is 531 g/mol. The fourth-order valence-corrected chi connectivity index (χ4v) is 6.09. The summed E-state index contributed by atoms with van der Waals surface area (Å²) in [5.74, 6) is 1.87. The summed E-state index contributed by atoms with van der Waals surface area (Å²) >= 11 is 0. The predicted molar refractivity (Wildman–Crippen MR) is 161 cm³/mol. The van der Waals surface area contributed by atoms with Gasteiger partial charge in [0, 0.05) is 36.0 Å². The zero-order valence-electron chi connectivity index (χ0n) is 24.7. The molecule has 1 saturated carbocycles. The van der Waals surface area contributed by atoms with Crippen LogP contribution in [0.5, 0.6) is 11.5 Å². The van der Waals surface area contributed by atoms with E-state index in [1.54, 1.807) is 7.11 Å². The Balaban J connectivity index is 1.46. The summed E-state index contributed by atoms with van der Waals surface area (Å²) in [5.41, 5.74) is 7.03. The Bertz CT molecular complexity index is 1190. The number of rotatable bonds is 10. The van der Waals surface area contributed by atoms with Crippen LogP contribution in [-0.2, 0) is 4.79 Å². The van der Waals surface area contributed by atoms with E-state index in [1.807, 2.05) is 18.2 Å². The molecule has 1 amide bonds. The van der Waals surface area contributed by atoms with Crippen LogP contribution >= 0.6 is 0 Å². The summed E-state index contributed by atoms with van der Waals surface area (Å²) in [6, 6.07) is 15.5. The fraction of sp³-hybridized carbons (Fsp3) is 0.500. The Kier molecular flexibility index (Phi) is 9.90. The van der Waals surface area contributed by atoms with E-state index >= 15 is 0 Å². The number of carbonyl (C=O) groups excluding carboxylic acids is 1. The Morgan fingerprint density at radius 2 is 1.69 bits per heavy atom. The minimum atomic E-state index is 0.00583. The molecule has 0 radical (unpaired) electrons. The average Bonchev–Trinajstić information content (AvgIpc) is 3.14. The van der Waals surface area contributed by atoms with E-state index in [-0.39, 0.29) is 5.91 Å². The lowest BCUT2D eigenvalue weighted by molar-refractivity contribution is -0.113. The van der Waals surface area contributed by atoms with Crippen LogP contribution < -0.4 is 14.8 Å². The van der Waals surface area contributed by atoms with Crippen molar-refractivity contribution in [2.45, 2.75) is 91.1 Å². The molecule has 2 aromatic carbocycles. The highest BCUT2D eigenvalue weighted by Gasteiger charge is 2.26. The standard InChI is InChI=1S/C34H46N2O3/c1-23(2)36(24(3)4)20-21-39-33-22-29(17-19-32(33)38-6)35-34(37)31-9-7-8-28-15-14-27(16-18-30(28)31)26-12-10-25(5)11-13-26/h8,10-13,17,19,22-24,27H,7,9,14-16,18,20-21H2,1-6H3,(H,35,37). The molecular formula is C34H46N2O3. The summed E-state index contributed by atoms with van der Waals surface area (Å²) in [5, 5.41) is 3.17. The van der Waals surface area contributed by atoms with Gasteiger partial charge in [0.1, 0.15) is 6.61 Å². The van der Waals surface area contributed by atoms with Gasteiger partial charge in [0.15, 0.2) is 11.5 Å². The van der Waals surface area contributed by atoms with Gasteiger partial charge in [-0.25, -0.2) is 0 Å². The van der Waals surface area contributed by atoms with Crippen molar-refractivity contribution >= 4 is 11.6 Å². The van der Waals surface area contributed by atoms with Gasteiger partial charge in [0.2, 0.25) is 0 Å². The van der Waals surface area contributed by atoms with E-state index in [9.17, 15) is 4.79 Å². The molecule has 0 aromatic heterocycles. The minimum Gasteiger partial charge on any atom is -0.493 e. The summed E-state index contributed by atoms with van der Waals surface area (Å²) in [6.45, 7) is 12.3. The number of benzene rings is 2. The van der Waals surface area contributed by atoms with Gasteiger partial charge in [-0.05, 0) is 108 Å². The molecule has 39 heavy (non-hydrogen) atoms. The zero-order valence-corrected chi connectivity index (χ0v) is 24.7. The first-order valence-electron chi connectivity index (χ1n) is 14.6. The fourth-order valence-electron chi connectivity index (χ4n) is 6.09. The van der Waals surface area contributed by atoms with Gasteiger partial charge in [-0.15, -0.1) is 0 Å². The van der Waals surface area contributed by atoms with Crippen LogP contribution in [0.2, 0.25) is 0 Å². The van der Waals surface area contributed by atoms with E-state index < -0.39 is 0 Å².